The van der Waals surface area contributed by atoms with Crippen molar-refractivity contribution in [1.29, 1.82) is 0 Å². The van der Waals surface area contributed by atoms with Crippen molar-refractivity contribution in [3.8, 4) is 11.5 Å². The molecule has 0 saturated heterocycles. The predicted octanol–water partition coefficient (Wildman–Crippen LogP) is 3.46. The average molecular weight is 492 g/mol. The fourth-order valence-corrected chi connectivity index (χ4v) is 5.61. The molecule has 0 bridgehead atoms. The molecule has 0 N–H and O–H groups in total. The summed E-state index contributed by atoms with van der Waals surface area (Å²) in [6.45, 7) is 1.11. The Balaban J connectivity index is 1.73. The Labute approximate surface area is 198 Å². The van der Waals surface area contributed by atoms with E-state index >= 15 is 0 Å². The first kappa shape index (κ1) is 24.9. The first-order chi connectivity index (χ1) is 15.7. The number of amides is 1. The highest BCUT2D eigenvalue weighted by Crippen LogP contribution is 2.34. The third-order valence-electron chi connectivity index (χ3n) is 5.12. The third kappa shape index (κ3) is 6.21. The van der Waals surface area contributed by atoms with Crippen molar-refractivity contribution >= 4 is 42.4 Å². The van der Waals surface area contributed by atoms with Crippen LogP contribution in [-0.2, 0) is 14.6 Å². The Morgan fingerprint density at radius 3 is 2.39 bits per heavy atom. The minimum atomic E-state index is -3.49. The monoisotopic (exact) mass is 491 g/mol. The van der Waals surface area contributed by atoms with E-state index in [9.17, 15) is 13.2 Å². The summed E-state index contributed by atoms with van der Waals surface area (Å²) >= 11 is 1.42. The molecule has 0 saturated carbocycles. The molecule has 3 aromatic rings. The number of rotatable bonds is 11. The maximum Gasteiger partial charge on any atom is 0.228 e. The fourth-order valence-electron chi connectivity index (χ4n) is 3.27. The van der Waals surface area contributed by atoms with Crippen LogP contribution in [0.3, 0.4) is 0 Å². The van der Waals surface area contributed by atoms with E-state index in [2.05, 4.69) is 4.98 Å². The number of sulfone groups is 1. The van der Waals surface area contributed by atoms with E-state index in [1.54, 1.807) is 24.1 Å². The zero-order valence-electron chi connectivity index (χ0n) is 19.3. The third-order valence-corrected chi connectivity index (χ3v) is 7.98. The SMILES string of the molecule is COc1ccc(S(=O)(=O)CCCC(=O)N(CCN(C)C)c2nc3c(OC)cccc3s2)cc1. The molecule has 3 rings (SSSR count). The van der Waals surface area contributed by atoms with Crippen LogP contribution in [0, 0.1) is 0 Å². The molecule has 0 unspecified atom stereocenters. The highest BCUT2D eigenvalue weighted by Gasteiger charge is 2.22. The molecule has 178 valence electrons. The number of likely N-dealkylation sites (N-methyl/N-ethyl adjacent to an activating group) is 1. The topological polar surface area (TPSA) is 89.0 Å². The van der Waals surface area contributed by atoms with Crippen LogP contribution in [-0.4, -0.2) is 71.4 Å². The van der Waals surface area contributed by atoms with E-state index in [1.165, 1.54) is 30.6 Å². The van der Waals surface area contributed by atoms with Gasteiger partial charge in [0.05, 0.1) is 29.6 Å². The summed E-state index contributed by atoms with van der Waals surface area (Å²) in [5, 5.41) is 0.583. The van der Waals surface area contributed by atoms with Gasteiger partial charge in [0.1, 0.15) is 17.0 Å². The molecular formula is C23H29N3O5S2. The summed E-state index contributed by atoms with van der Waals surface area (Å²) in [5.41, 5.74) is 0.713. The molecule has 0 radical (unpaired) electrons. The highest BCUT2D eigenvalue weighted by molar-refractivity contribution is 7.91. The van der Waals surface area contributed by atoms with Gasteiger partial charge in [0.25, 0.3) is 0 Å². The number of hydrogen-bond donors (Lipinski definition) is 0. The van der Waals surface area contributed by atoms with E-state index in [-0.39, 0.29) is 29.4 Å². The van der Waals surface area contributed by atoms with Gasteiger partial charge in [-0.05, 0) is 56.9 Å². The molecule has 0 aliphatic carbocycles. The molecule has 0 atom stereocenters. The molecule has 33 heavy (non-hydrogen) atoms. The van der Waals surface area contributed by atoms with Crippen LogP contribution in [0.4, 0.5) is 5.13 Å². The number of para-hydroxylation sites is 1. The second-order valence-electron chi connectivity index (χ2n) is 7.75. The number of carbonyl (C=O) groups is 1. The van der Waals surface area contributed by atoms with E-state index in [0.29, 0.717) is 35.2 Å². The summed E-state index contributed by atoms with van der Waals surface area (Å²) in [6, 6.07) is 11.9. The van der Waals surface area contributed by atoms with Crippen LogP contribution in [0.2, 0.25) is 0 Å². The summed E-state index contributed by atoms with van der Waals surface area (Å²) in [5.74, 6) is 0.980. The Morgan fingerprint density at radius 1 is 1.03 bits per heavy atom. The number of hydrogen-bond acceptors (Lipinski definition) is 8. The van der Waals surface area contributed by atoms with Crippen LogP contribution in [0.5, 0.6) is 11.5 Å². The maximum atomic E-state index is 13.1. The van der Waals surface area contributed by atoms with Crippen LogP contribution >= 0.6 is 11.3 Å². The molecule has 8 nitrogen and oxygen atoms in total. The lowest BCUT2D eigenvalue weighted by Crippen LogP contribution is -2.36. The number of fused-ring (bicyclic) bond motifs is 1. The van der Waals surface area contributed by atoms with E-state index in [4.69, 9.17) is 9.47 Å². The highest BCUT2D eigenvalue weighted by atomic mass is 32.2. The Morgan fingerprint density at radius 2 is 1.76 bits per heavy atom. The van der Waals surface area contributed by atoms with Crippen molar-refractivity contribution in [2.45, 2.75) is 17.7 Å². The smallest absolute Gasteiger partial charge is 0.228 e. The standard InChI is InChI=1S/C23H29N3O5S2/c1-25(2)14-15-26(23-24-22-19(31-4)7-5-8-20(22)32-23)21(27)9-6-16-33(28,29)18-12-10-17(30-3)11-13-18/h5,7-8,10-13H,6,9,14-16H2,1-4H3. The van der Waals surface area contributed by atoms with E-state index in [1.807, 2.05) is 37.2 Å². The lowest BCUT2D eigenvalue weighted by Gasteiger charge is -2.22. The molecule has 0 fully saturated rings. The quantitative estimate of drug-likeness (QED) is 0.406. The largest absolute Gasteiger partial charge is 0.497 e. The number of carbonyl (C=O) groups excluding carboxylic acids is 1. The zero-order valence-corrected chi connectivity index (χ0v) is 20.9. The van der Waals surface area contributed by atoms with Crippen molar-refractivity contribution in [2.75, 3.05) is 52.1 Å². The molecule has 1 heterocycles. The summed E-state index contributed by atoms with van der Waals surface area (Å²) in [4.78, 5) is 21.6. The molecule has 2 aromatic carbocycles. The van der Waals surface area contributed by atoms with Crippen molar-refractivity contribution in [2.24, 2.45) is 0 Å². The van der Waals surface area contributed by atoms with Gasteiger partial charge in [-0.3, -0.25) is 9.69 Å². The molecule has 0 spiro atoms. The second-order valence-corrected chi connectivity index (χ2v) is 10.9. The van der Waals surface area contributed by atoms with Gasteiger partial charge in [-0.25, -0.2) is 13.4 Å². The Bertz CT molecular complexity index is 1190. The molecular weight excluding hydrogens is 462 g/mol. The maximum absolute atomic E-state index is 13.1. The van der Waals surface area contributed by atoms with Gasteiger partial charge >= 0.3 is 0 Å². The minimum Gasteiger partial charge on any atom is -0.497 e. The van der Waals surface area contributed by atoms with Crippen molar-refractivity contribution in [3.63, 3.8) is 0 Å². The van der Waals surface area contributed by atoms with Crippen LogP contribution in [0.1, 0.15) is 12.8 Å². The molecule has 0 aliphatic heterocycles. The summed E-state index contributed by atoms with van der Waals surface area (Å²) < 4.78 is 36.7. The number of aromatic nitrogens is 1. The lowest BCUT2D eigenvalue weighted by atomic mass is 10.3. The number of ether oxygens (including phenoxy) is 2. The number of nitrogens with zero attached hydrogens (tertiary/aromatic N) is 3. The lowest BCUT2D eigenvalue weighted by molar-refractivity contribution is -0.118. The number of anilines is 1. The minimum absolute atomic E-state index is 0.107. The molecule has 0 aliphatic rings. The van der Waals surface area contributed by atoms with Gasteiger partial charge in [-0.15, -0.1) is 0 Å². The van der Waals surface area contributed by atoms with Gasteiger partial charge in [0.15, 0.2) is 15.0 Å². The second kappa shape index (κ2) is 11.0. The van der Waals surface area contributed by atoms with Crippen molar-refractivity contribution in [3.05, 3.63) is 42.5 Å². The van der Waals surface area contributed by atoms with Gasteiger partial charge < -0.3 is 14.4 Å². The van der Waals surface area contributed by atoms with E-state index < -0.39 is 9.84 Å². The fraction of sp³-hybridized carbons (Fsp3) is 0.391. The first-order valence-electron chi connectivity index (χ1n) is 10.5. The normalized spacial score (nSPS) is 11.7. The first-order valence-corrected chi connectivity index (χ1v) is 13.0. The van der Waals surface area contributed by atoms with Crippen LogP contribution in [0.15, 0.2) is 47.4 Å². The summed E-state index contributed by atoms with van der Waals surface area (Å²) in [7, 11) is 3.50. The van der Waals surface area contributed by atoms with Crippen molar-refractivity contribution < 1.29 is 22.7 Å². The average Bonchev–Trinajstić information content (AvgIpc) is 3.23. The molecule has 1 amide bonds. The number of methoxy groups -OCH3 is 2. The van der Waals surface area contributed by atoms with Gasteiger partial charge in [-0.2, -0.15) is 0 Å². The van der Waals surface area contributed by atoms with Crippen LogP contribution < -0.4 is 14.4 Å². The van der Waals surface area contributed by atoms with Gasteiger partial charge in [0.2, 0.25) is 5.91 Å². The van der Waals surface area contributed by atoms with Gasteiger partial charge in [-0.1, -0.05) is 17.4 Å². The zero-order chi connectivity index (χ0) is 24.0. The van der Waals surface area contributed by atoms with Gasteiger partial charge in [0, 0.05) is 19.5 Å². The van der Waals surface area contributed by atoms with Crippen molar-refractivity contribution in [1.82, 2.24) is 9.88 Å². The van der Waals surface area contributed by atoms with Crippen LogP contribution in [0.25, 0.3) is 10.2 Å². The predicted molar refractivity (Wildman–Crippen MR) is 131 cm³/mol. The Kier molecular flexibility index (Phi) is 8.28. The molecule has 1 aromatic heterocycles. The number of thiazole rings is 1. The molecule has 10 heteroatoms. The number of benzene rings is 2. The summed E-state index contributed by atoms with van der Waals surface area (Å²) in [6.07, 6.45) is 0.329. The van der Waals surface area contributed by atoms with E-state index in [0.717, 1.165) is 4.70 Å². The Hall–Kier alpha value is -2.69.